The van der Waals surface area contributed by atoms with Gasteiger partial charge < -0.3 is 10.6 Å². The average molecular weight is 319 g/mol. The van der Waals surface area contributed by atoms with E-state index in [0.717, 1.165) is 44.5 Å². The van der Waals surface area contributed by atoms with Crippen molar-refractivity contribution < 1.29 is 13.6 Å². The highest BCUT2D eigenvalue weighted by Crippen LogP contribution is 2.15. The highest BCUT2D eigenvalue weighted by Gasteiger charge is 2.16. The molecule has 0 radical (unpaired) electrons. The second-order valence-corrected chi connectivity index (χ2v) is 5.34. The van der Waals surface area contributed by atoms with E-state index in [-0.39, 0.29) is 23.5 Å². The van der Waals surface area contributed by atoms with Crippen LogP contribution >= 0.6 is 12.4 Å². The second-order valence-electron chi connectivity index (χ2n) is 5.34. The summed E-state index contributed by atoms with van der Waals surface area (Å²) in [5, 5.41) is 5.97. The lowest BCUT2D eigenvalue weighted by Crippen LogP contribution is -2.33. The number of piperidine rings is 1. The maximum atomic E-state index is 13.6. The Kier molecular flexibility index (Phi) is 7.05. The quantitative estimate of drug-likeness (QED) is 0.896. The molecule has 6 heteroatoms. The minimum absolute atomic E-state index is 0. The molecule has 0 spiro atoms. The van der Waals surface area contributed by atoms with Gasteiger partial charge in [-0.3, -0.25) is 4.79 Å². The fourth-order valence-electron chi connectivity index (χ4n) is 2.48. The van der Waals surface area contributed by atoms with Crippen LogP contribution in [0, 0.1) is 24.5 Å². The fraction of sp³-hybridized carbons (Fsp3) is 0.533. The molecule has 2 N–H and O–H groups in total. The number of nitrogens with one attached hydrogen (secondary N) is 2. The van der Waals surface area contributed by atoms with E-state index in [1.54, 1.807) is 0 Å². The molecule has 1 aromatic carbocycles. The average Bonchev–Trinajstić information content (AvgIpc) is 2.44. The summed E-state index contributed by atoms with van der Waals surface area (Å²) in [5.41, 5.74) is -0.0257. The molecule has 0 aromatic heterocycles. The van der Waals surface area contributed by atoms with E-state index in [0.29, 0.717) is 12.5 Å². The lowest BCUT2D eigenvalue weighted by Gasteiger charge is -2.22. The molecule has 1 aromatic rings. The number of carbonyl (C=O) groups is 1. The molecular weight excluding hydrogens is 298 g/mol. The molecule has 0 aliphatic carbocycles. The molecule has 0 saturated carbocycles. The zero-order chi connectivity index (χ0) is 14.5. The predicted octanol–water partition coefficient (Wildman–Crippen LogP) is 2.81. The summed E-state index contributed by atoms with van der Waals surface area (Å²) in [6.07, 6.45) is 3.15. The first-order chi connectivity index (χ1) is 9.58. The molecule has 1 aliphatic rings. The second kappa shape index (κ2) is 8.29. The van der Waals surface area contributed by atoms with Crippen LogP contribution < -0.4 is 10.6 Å². The first kappa shape index (κ1) is 17.9. The molecule has 1 aliphatic heterocycles. The lowest BCUT2D eigenvalue weighted by molar-refractivity contribution is 0.0946. The van der Waals surface area contributed by atoms with E-state index in [2.05, 4.69) is 10.6 Å². The molecule has 1 unspecified atom stereocenters. The molecule has 118 valence electrons. The van der Waals surface area contributed by atoms with Crippen LogP contribution in [0.4, 0.5) is 8.78 Å². The Labute approximate surface area is 129 Å². The van der Waals surface area contributed by atoms with Gasteiger partial charge in [-0.25, -0.2) is 8.78 Å². The Morgan fingerprint density at radius 2 is 2.14 bits per heavy atom. The topological polar surface area (TPSA) is 41.1 Å². The zero-order valence-corrected chi connectivity index (χ0v) is 12.9. The van der Waals surface area contributed by atoms with Crippen LogP contribution in [0.15, 0.2) is 12.1 Å². The van der Waals surface area contributed by atoms with Crippen molar-refractivity contribution in [3.05, 3.63) is 34.9 Å². The third kappa shape index (κ3) is 4.93. The van der Waals surface area contributed by atoms with Gasteiger partial charge in [0.15, 0.2) is 0 Å². The number of carbonyl (C=O) groups excluding carboxylic acids is 1. The van der Waals surface area contributed by atoms with E-state index in [4.69, 9.17) is 0 Å². The van der Waals surface area contributed by atoms with Gasteiger partial charge in [0.1, 0.15) is 11.6 Å². The van der Waals surface area contributed by atoms with Crippen molar-refractivity contribution in [3.63, 3.8) is 0 Å². The molecule has 1 saturated heterocycles. The van der Waals surface area contributed by atoms with Crippen LogP contribution in [0.3, 0.4) is 0 Å². The third-order valence-electron chi connectivity index (χ3n) is 3.73. The van der Waals surface area contributed by atoms with Crippen LogP contribution in [0.5, 0.6) is 0 Å². The highest BCUT2D eigenvalue weighted by atomic mass is 35.5. The number of aryl methyl sites for hydroxylation is 1. The predicted molar refractivity (Wildman–Crippen MR) is 80.9 cm³/mol. The maximum absolute atomic E-state index is 13.6. The summed E-state index contributed by atoms with van der Waals surface area (Å²) in [6.45, 7) is 3.97. The summed E-state index contributed by atoms with van der Waals surface area (Å²) in [5.74, 6) is -1.25. The Hall–Kier alpha value is -1.20. The number of benzene rings is 1. The van der Waals surface area contributed by atoms with Gasteiger partial charge >= 0.3 is 0 Å². The number of halogens is 3. The molecule has 3 nitrogen and oxygen atoms in total. The largest absolute Gasteiger partial charge is 0.352 e. The van der Waals surface area contributed by atoms with E-state index >= 15 is 0 Å². The van der Waals surface area contributed by atoms with Crippen molar-refractivity contribution in [3.8, 4) is 0 Å². The van der Waals surface area contributed by atoms with Gasteiger partial charge in [0.25, 0.3) is 5.91 Å². The van der Waals surface area contributed by atoms with Crippen LogP contribution in [0.25, 0.3) is 0 Å². The maximum Gasteiger partial charge on any atom is 0.254 e. The van der Waals surface area contributed by atoms with Crippen molar-refractivity contribution in [2.24, 2.45) is 5.92 Å². The van der Waals surface area contributed by atoms with Gasteiger partial charge in [-0.2, -0.15) is 0 Å². The molecule has 1 fully saturated rings. The Morgan fingerprint density at radius 1 is 1.38 bits per heavy atom. The van der Waals surface area contributed by atoms with Gasteiger partial charge in [0.2, 0.25) is 0 Å². The molecule has 1 atom stereocenters. The van der Waals surface area contributed by atoms with Crippen molar-refractivity contribution in [2.45, 2.75) is 26.2 Å². The van der Waals surface area contributed by atoms with Crippen molar-refractivity contribution in [1.82, 2.24) is 10.6 Å². The van der Waals surface area contributed by atoms with E-state index < -0.39 is 17.5 Å². The molecule has 0 bridgehead atoms. The summed E-state index contributed by atoms with van der Waals surface area (Å²) in [4.78, 5) is 11.8. The molecule has 21 heavy (non-hydrogen) atoms. The lowest BCUT2D eigenvalue weighted by atomic mass is 9.96. The molecular formula is C15H21ClF2N2O. The summed E-state index contributed by atoms with van der Waals surface area (Å²) in [6, 6.07) is 2.01. The van der Waals surface area contributed by atoms with Gasteiger partial charge in [-0.15, -0.1) is 12.4 Å². The normalized spacial score (nSPS) is 18.0. The summed E-state index contributed by atoms with van der Waals surface area (Å²) < 4.78 is 27.0. The third-order valence-corrected chi connectivity index (χ3v) is 3.73. The first-order valence-corrected chi connectivity index (χ1v) is 7.02. The van der Waals surface area contributed by atoms with Gasteiger partial charge in [-0.1, -0.05) is 0 Å². The van der Waals surface area contributed by atoms with Crippen molar-refractivity contribution >= 4 is 18.3 Å². The molecule has 2 rings (SSSR count). The van der Waals surface area contributed by atoms with Gasteiger partial charge in [0, 0.05) is 6.54 Å². The van der Waals surface area contributed by atoms with E-state index in [1.165, 1.54) is 6.92 Å². The van der Waals surface area contributed by atoms with Crippen LogP contribution in [0.1, 0.15) is 35.2 Å². The fourth-order valence-corrected chi connectivity index (χ4v) is 2.48. The molecule has 1 heterocycles. The summed E-state index contributed by atoms with van der Waals surface area (Å²) in [7, 11) is 0. The molecule has 1 amide bonds. The number of hydrogen-bond acceptors (Lipinski definition) is 2. The van der Waals surface area contributed by atoms with Crippen LogP contribution in [0.2, 0.25) is 0 Å². The zero-order valence-electron chi connectivity index (χ0n) is 12.0. The Bertz CT molecular complexity index is 491. The summed E-state index contributed by atoms with van der Waals surface area (Å²) >= 11 is 0. The van der Waals surface area contributed by atoms with Gasteiger partial charge in [-0.05, 0) is 62.9 Å². The highest BCUT2D eigenvalue weighted by molar-refractivity contribution is 5.94. The van der Waals surface area contributed by atoms with Crippen molar-refractivity contribution in [1.29, 1.82) is 0 Å². The standard InChI is InChI=1S/C15H20F2N2O.ClH/c1-10-7-14(17)12(8-13(10)16)15(20)19-6-4-11-3-2-5-18-9-11;/h7-8,11,18H,2-6,9H2,1H3,(H,19,20);1H. The van der Waals surface area contributed by atoms with Crippen molar-refractivity contribution in [2.75, 3.05) is 19.6 Å². The number of hydrogen-bond donors (Lipinski definition) is 2. The monoisotopic (exact) mass is 318 g/mol. The number of amides is 1. The Morgan fingerprint density at radius 3 is 2.81 bits per heavy atom. The first-order valence-electron chi connectivity index (χ1n) is 7.02. The van der Waals surface area contributed by atoms with Gasteiger partial charge in [0.05, 0.1) is 5.56 Å². The minimum Gasteiger partial charge on any atom is -0.352 e. The van der Waals surface area contributed by atoms with Crippen LogP contribution in [-0.4, -0.2) is 25.5 Å². The van der Waals surface area contributed by atoms with E-state index in [1.807, 2.05) is 0 Å². The number of rotatable bonds is 4. The SMILES string of the molecule is Cc1cc(F)c(C(=O)NCCC2CCCNC2)cc1F.Cl. The van der Waals surface area contributed by atoms with E-state index in [9.17, 15) is 13.6 Å². The minimum atomic E-state index is -0.680. The smallest absolute Gasteiger partial charge is 0.254 e. The Balaban J connectivity index is 0.00000220. The van der Waals surface area contributed by atoms with Crippen LogP contribution in [-0.2, 0) is 0 Å².